The maximum atomic E-state index is 14.8. The van der Waals surface area contributed by atoms with Gasteiger partial charge in [-0.25, -0.2) is 18.7 Å². The number of benzene rings is 1. The third kappa shape index (κ3) is 5.72. The van der Waals surface area contributed by atoms with Crippen LogP contribution in [0.15, 0.2) is 29.3 Å². The van der Waals surface area contributed by atoms with Gasteiger partial charge in [0.2, 0.25) is 0 Å². The van der Waals surface area contributed by atoms with Crippen LogP contribution in [0, 0.1) is 11.6 Å². The molecule has 0 amide bonds. The number of hydrogen-bond donors (Lipinski definition) is 1. The molecule has 0 fully saturated rings. The molecule has 0 aliphatic carbocycles. The number of nitrogen functional groups attached to an aromatic ring is 1. The van der Waals surface area contributed by atoms with E-state index in [0.717, 1.165) is 12.3 Å². The van der Waals surface area contributed by atoms with E-state index in [0.29, 0.717) is 19.3 Å². The Morgan fingerprint density at radius 3 is 2.48 bits per heavy atom. The molecular weight excluding hydrogens is 458 g/mol. The molecule has 0 atom stereocenters. The monoisotopic (exact) mass is 476 g/mol. The summed E-state index contributed by atoms with van der Waals surface area (Å²) < 4.78 is 87.5. The summed E-state index contributed by atoms with van der Waals surface area (Å²) in [5.41, 5.74) is 4.32. The zero-order valence-corrected chi connectivity index (χ0v) is 16.9. The summed E-state index contributed by atoms with van der Waals surface area (Å²) in [4.78, 5) is 20.0. The number of alkyl halides is 4. The van der Waals surface area contributed by atoms with E-state index >= 15 is 0 Å². The van der Waals surface area contributed by atoms with E-state index in [-0.39, 0.29) is 24.4 Å². The van der Waals surface area contributed by atoms with Gasteiger partial charge in [0.15, 0.2) is 29.0 Å². The number of pyridine rings is 1. The molecule has 178 valence electrons. The maximum absolute atomic E-state index is 14.8. The molecule has 0 aliphatic rings. The summed E-state index contributed by atoms with van der Waals surface area (Å²) in [6, 6.07) is 2.53. The first-order valence-electron chi connectivity index (χ1n) is 9.67. The topological polar surface area (TPSA) is 92.3 Å². The summed E-state index contributed by atoms with van der Waals surface area (Å²) in [5, 5.41) is -0.434. The van der Waals surface area contributed by atoms with Crippen molar-refractivity contribution in [1.82, 2.24) is 14.5 Å². The lowest BCUT2D eigenvalue weighted by atomic mass is 10.1. The zero-order chi connectivity index (χ0) is 24.1. The number of nitrogens with zero attached hydrogens (tertiary/aromatic N) is 3. The summed E-state index contributed by atoms with van der Waals surface area (Å²) in [7, 11) is 0. The minimum atomic E-state index is -3.18. The van der Waals surface area contributed by atoms with Crippen molar-refractivity contribution in [3.63, 3.8) is 0 Å². The molecule has 33 heavy (non-hydrogen) atoms. The molecule has 0 saturated carbocycles. The number of ether oxygens (including phenoxy) is 2. The molecule has 0 radical (unpaired) electrons. The standard InChI is InChI=1S/C20H18F6N4O3/c21-14-11(17-28-9-12(16(27)29-17)33-20(25)26)8-10-4-6-30(18(31)13(10)15(14)22)5-2-1-3-7-32-19(23)24/h4,6,8-9,19-20H,1-3,5,7H2,(H2,27,28,29). The summed E-state index contributed by atoms with van der Waals surface area (Å²) >= 11 is 0. The van der Waals surface area contributed by atoms with Crippen molar-refractivity contribution in [2.75, 3.05) is 12.3 Å². The predicted octanol–water partition coefficient (Wildman–Crippen LogP) is 4.33. The van der Waals surface area contributed by atoms with Crippen molar-refractivity contribution < 1.29 is 35.8 Å². The Bertz CT molecular complexity index is 1190. The minimum absolute atomic E-state index is 0.0607. The van der Waals surface area contributed by atoms with Crippen molar-refractivity contribution >= 4 is 16.6 Å². The molecule has 1 aromatic carbocycles. The van der Waals surface area contributed by atoms with E-state index in [4.69, 9.17) is 5.73 Å². The molecule has 0 spiro atoms. The molecule has 3 aromatic rings. The maximum Gasteiger partial charge on any atom is 0.387 e. The van der Waals surface area contributed by atoms with Crippen LogP contribution in [-0.2, 0) is 11.3 Å². The largest absolute Gasteiger partial charge is 0.429 e. The van der Waals surface area contributed by atoms with Crippen LogP contribution in [0.25, 0.3) is 22.2 Å². The fraction of sp³-hybridized carbons (Fsp3) is 0.350. The third-order valence-corrected chi connectivity index (χ3v) is 4.67. The molecule has 3 rings (SSSR count). The fourth-order valence-electron chi connectivity index (χ4n) is 3.15. The molecule has 7 nitrogen and oxygen atoms in total. The Morgan fingerprint density at radius 1 is 1.06 bits per heavy atom. The summed E-state index contributed by atoms with van der Waals surface area (Å²) in [6.07, 6.45) is 3.45. The first-order valence-corrected chi connectivity index (χ1v) is 9.67. The smallest absolute Gasteiger partial charge is 0.387 e. The van der Waals surface area contributed by atoms with E-state index < -0.39 is 52.9 Å². The van der Waals surface area contributed by atoms with Gasteiger partial charge in [0, 0.05) is 12.7 Å². The summed E-state index contributed by atoms with van der Waals surface area (Å²) in [5.74, 6) is -4.26. The van der Waals surface area contributed by atoms with Gasteiger partial charge < -0.3 is 19.8 Å². The van der Waals surface area contributed by atoms with Crippen molar-refractivity contribution in [3.05, 3.63) is 46.5 Å². The summed E-state index contributed by atoms with van der Waals surface area (Å²) in [6.45, 7) is -5.99. The van der Waals surface area contributed by atoms with Crippen molar-refractivity contribution in [3.8, 4) is 17.1 Å². The van der Waals surface area contributed by atoms with Gasteiger partial charge in [0.25, 0.3) is 5.56 Å². The number of aryl methyl sites for hydroxylation is 1. The third-order valence-electron chi connectivity index (χ3n) is 4.67. The second kappa shape index (κ2) is 10.5. The fourth-order valence-corrected chi connectivity index (χ4v) is 3.15. The van der Waals surface area contributed by atoms with Gasteiger partial charge in [-0.15, -0.1) is 0 Å². The average Bonchev–Trinajstić information content (AvgIpc) is 2.75. The van der Waals surface area contributed by atoms with Gasteiger partial charge >= 0.3 is 13.2 Å². The Hall–Kier alpha value is -3.35. The number of fused-ring (bicyclic) bond motifs is 1. The van der Waals surface area contributed by atoms with Crippen molar-refractivity contribution in [2.45, 2.75) is 39.0 Å². The van der Waals surface area contributed by atoms with Crippen LogP contribution in [0.3, 0.4) is 0 Å². The molecular formula is C20H18F6N4O3. The van der Waals surface area contributed by atoms with Crippen LogP contribution < -0.4 is 16.0 Å². The quantitative estimate of drug-likeness (QED) is 0.346. The SMILES string of the molecule is Nc1nc(-c2cc3ccn(CCCCCOC(F)F)c(=O)c3c(F)c2F)ncc1OC(F)F. The second-order valence-corrected chi connectivity index (χ2v) is 6.84. The predicted molar refractivity (Wildman–Crippen MR) is 106 cm³/mol. The second-order valence-electron chi connectivity index (χ2n) is 6.84. The Morgan fingerprint density at radius 2 is 1.82 bits per heavy atom. The highest BCUT2D eigenvalue weighted by molar-refractivity contribution is 5.86. The molecule has 2 heterocycles. The lowest BCUT2D eigenvalue weighted by Crippen LogP contribution is -2.21. The molecule has 2 aromatic heterocycles. The number of nitrogens with two attached hydrogens (primary N) is 1. The molecule has 13 heteroatoms. The van der Waals surface area contributed by atoms with Crippen LogP contribution in [0.2, 0.25) is 0 Å². The molecule has 0 saturated heterocycles. The minimum Gasteiger partial charge on any atom is -0.429 e. The van der Waals surface area contributed by atoms with Crippen LogP contribution in [0.1, 0.15) is 19.3 Å². The number of unbranched alkanes of at least 4 members (excludes halogenated alkanes) is 2. The first-order chi connectivity index (χ1) is 15.7. The normalized spacial score (nSPS) is 11.6. The lowest BCUT2D eigenvalue weighted by Gasteiger charge is -2.11. The zero-order valence-electron chi connectivity index (χ0n) is 16.9. The van der Waals surface area contributed by atoms with E-state index in [9.17, 15) is 31.1 Å². The first kappa shape index (κ1) is 24.3. The van der Waals surface area contributed by atoms with Crippen molar-refractivity contribution in [1.29, 1.82) is 0 Å². The van der Waals surface area contributed by atoms with Crippen LogP contribution in [-0.4, -0.2) is 34.4 Å². The highest BCUT2D eigenvalue weighted by Gasteiger charge is 2.21. The van der Waals surface area contributed by atoms with E-state index in [1.54, 1.807) is 0 Å². The molecule has 2 N–H and O–H groups in total. The number of rotatable bonds is 10. The van der Waals surface area contributed by atoms with Gasteiger partial charge in [0.1, 0.15) is 0 Å². The number of hydrogen-bond acceptors (Lipinski definition) is 6. The average molecular weight is 476 g/mol. The van der Waals surface area contributed by atoms with E-state index in [1.807, 2.05) is 0 Å². The lowest BCUT2D eigenvalue weighted by molar-refractivity contribution is -0.129. The van der Waals surface area contributed by atoms with Gasteiger partial charge in [-0.2, -0.15) is 17.6 Å². The number of halogens is 6. The van der Waals surface area contributed by atoms with Gasteiger partial charge in [-0.1, -0.05) is 0 Å². The molecule has 0 aliphatic heterocycles. The number of anilines is 1. The van der Waals surface area contributed by atoms with E-state index in [1.165, 1.54) is 16.8 Å². The highest BCUT2D eigenvalue weighted by atomic mass is 19.3. The van der Waals surface area contributed by atoms with Crippen LogP contribution in [0.4, 0.5) is 32.2 Å². The van der Waals surface area contributed by atoms with Gasteiger partial charge in [0.05, 0.1) is 23.8 Å². The number of aromatic nitrogens is 3. The highest BCUT2D eigenvalue weighted by Crippen LogP contribution is 2.30. The Labute approximate surface area is 182 Å². The Kier molecular flexibility index (Phi) is 7.74. The van der Waals surface area contributed by atoms with Crippen molar-refractivity contribution in [2.24, 2.45) is 0 Å². The van der Waals surface area contributed by atoms with Gasteiger partial charge in [-0.05, 0) is 36.8 Å². The van der Waals surface area contributed by atoms with Crippen LogP contribution in [0.5, 0.6) is 5.75 Å². The Balaban J connectivity index is 1.85. The van der Waals surface area contributed by atoms with E-state index in [2.05, 4.69) is 19.4 Å². The molecule has 0 bridgehead atoms. The van der Waals surface area contributed by atoms with Gasteiger partial charge in [-0.3, -0.25) is 4.79 Å². The van der Waals surface area contributed by atoms with Crippen LogP contribution >= 0.6 is 0 Å². The molecule has 0 unspecified atom stereocenters.